The van der Waals surface area contributed by atoms with Crippen LogP contribution >= 0.6 is 23.5 Å². The number of carboxylic acid groups (broad SMARTS) is 1. The minimum atomic E-state index is -1.08. The lowest BCUT2D eigenvalue weighted by Gasteiger charge is -2.25. The van der Waals surface area contributed by atoms with Crippen molar-refractivity contribution in [1.82, 2.24) is 4.90 Å². The Bertz CT molecular complexity index is 945. The Morgan fingerprint density at radius 3 is 2.57 bits per heavy atom. The second kappa shape index (κ2) is 8.79. The summed E-state index contributed by atoms with van der Waals surface area (Å²) in [5.41, 5.74) is 0.464. The SMILES string of the molecule is CC(=O)SC(CC(=O)c1ccc2ccccc2c1)C(=O)N1CSC[C@H]1C(=O)O. The third-order valence-electron chi connectivity index (χ3n) is 4.48. The number of carbonyl (C=O) groups excluding carboxylic acids is 3. The topological polar surface area (TPSA) is 91.8 Å². The van der Waals surface area contributed by atoms with Crippen molar-refractivity contribution in [1.29, 1.82) is 0 Å². The number of hydrogen-bond donors (Lipinski definition) is 1. The highest BCUT2D eigenvalue weighted by Crippen LogP contribution is 2.28. The van der Waals surface area contributed by atoms with Crippen LogP contribution < -0.4 is 0 Å². The maximum atomic E-state index is 12.9. The maximum absolute atomic E-state index is 12.9. The highest BCUT2D eigenvalue weighted by molar-refractivity contribution is 8.14. The molecule has 1 heterocycles. The van der Waals surface area contributed by atoms with E-state index in [1.165, 1.54) is 23.6 Å². The Labute approximate surface area is 170 Å². The second-order valence-electron chi connectivity index (χ2n) is 6.45. The summed E-state index contributed by atoms with van der Waals surface area (Å²) in [5, 5.41) is 10.0. The molecule has 1 amide bonds. The summed E-state index contributed by atoms with van der Waals surface area (Å²) in [6, 6.07) is 12.0. The first-order valence-electron chi connectivity index (χ1n) is 8.67. The lowest BCUT2D eigenvalue weighted by molar-refractivity contribution is -0.147. The minimum absolute atomic E-state index is 0.158. The van der Waals surface area contributed by atoms with Crippen LogP contribution in [0.25, 0.3) is 10.8 Å². The van der Waals surface area contributed by atoms with E-state index in [1.54, 1.807) is 12.1 Å². The number of amides is 1. The monoisotopic (exact) mass is 417 g/mol. The Kier molecular flexibility index (Phi) is 6.41. The van der Waals surface area contributed by atoms with Crippen molar-refractivity contribution in [3.05, 3.63) is 48.0 Å². The summed E-state index contributed by atoms with van der Waals surface area (Å²) < 4.78 is 0. The van der Waals surface area contributed by atoms with E-state index in [0.717, 1.165) is 22.5 Å². The Balaban J connectivity index is 1.81. The van der Waals surface area contributed by atoms with Crippen molar-refractivity contribution < 1.29 is 24.3 Å². The first kappa shape index (κ1) is 20.4. The molecule has 146 valence electrons. The van der Waals surface area contributed by atoms with Gasteiger partial charge in [0.2, 0.25) is 5.91 Å². The number of carbonyl (C=O) groups is 4. The lowest BCUT2D eigenvalue weighted by Crippen LogP contribution is -2.46. The molecule has 0 saturated carbocycles. The molecular formula is C20H19NO5S2. The van der Waals surface area contributed by atoms with Crippen molar-refractivity contribution >= 4 is 57.1 Å². The lowest BCUT2D eigenvalue weighted by atomic mass is 10.0. The van der Waals surface area contributed by atoms with Gasteiger partial charge in [0, 0.05) is 24.7 Å². The van der Waals surface area contributed by atoms with Crippen LogP contribution in [0.3, 0.4) is 0 Å². The fourth-order valence-electron chi connectivity index (χ4n) is 3.08. The summed E-state index contributed by atoms with van der Waals surface area (Å²) in [7, 11) is 0. The number of hydrogen-bond acceptors (Lipinski definition) is 6. The quantitative estimate of drug-likeness (QED) is 0.722. The van der Waals surface area contributed by atoms with Gasteiger partial charge >= 0.3 is 5.97 Å². The molecule has 6 nitrogen and oxygen atoms in total. The average molecular weight is 418 g/mol. The van der Waals surface area contributed by atoms with Gasteiger partial charge in [-0.1, -0.05) is 48.2 Å². The largest absolute Gasteiger partial charge is 0.480 e. The molecule has 0 radical (unpaired) electrons. The zero-order chi connectivity index (χ0) is 20.3. The Morgan fingerprint density at radius 1 is 1.18 bits per heavy atom. The third-order valence-corrected chi connectivity index (χ3v) is 6.47. The number of rotatable bonds is 6. The predicted molar refractivity (Wildman–Crippen MR) is 111 cm³/mol. The van der Waals surface area contributed by atoms with Crippen LogP contribution in [0.4, 0.5) is 0 Å². The average Bonchev–Trinajstić information content (AvgIpc) is 3.16. The molecule has 0 bridgehead atoms. The van der Waals surface area contributed by atoms with Crippen molar-refractivity contribution in [2.45, 2.75) is 24.6 Å². The van der Waals surface area contributed by atoms with E-state index in [4.69, 9.17) is 0 Å². The van der Waals surface area contributed by atoms with Gasteiger partial charge in [0.25, 0.3) is 0 Å². The van der Waals surface area contributed by atoms with Crippen LogP contribution in [0.15, 0.2) is 42.5 Å². The summed E-state index contributed by atoms with van der Waals surface area (Å²) >= 11 is 2.13. The fourth-order valence-corrected chi connectivity index (χ4v) is 5.10. The van der Waals surface area contributed by atoms with Crippen molar-refractivity contribution in [3.63, 3.8) is 0 Å². The number of carboxylic acids is 1. The molecule has 2 aromatic carbocycles. The van der Waals surface area contributed by atoms with Crippen LogP contribution in [-0.4, -0.2) is 55.7 Å². The molecule has 1 unspecified atom stereocenters. The minimum Gasteiger partial charge on any atom is -0.480 e. The number of Topliss-reactive ketones (excluding diaryl/α,β-unsaturated/α-hetero) is 1. The van der Waals surface area contributed by atoms with Crippen LogP contribution in [0.1, 0.15) is 23.7 Å². The number of aliphatic carboxylic acids is 1. The van der Waals surface area contributed by atoms with Gasteiger partial charge in [0.15, 0.2) is 10.9 Å². The molecule has 1 saturated heterocycles. The summed E-state index contributed by atoms with van der Waals surface area (Å²) in [6.07, 6.45) is -0.158. The first-order valence-corrected chi connectivity index (χ1v) is 10.7. The summed E-state index contributed by atoms with van der Waals surface area (Å²) in [5.74, 6) is -1.26. The Morgan fingerprint density at radius 2 is 1.89 bits per heavy atom. The molecule has 0 spiro atoms. The van der Waals surface area contributed by atoms with Crippen molar-refractivity contribution in [2.24, 2.45) is 0 Å². The predicted octanol–water partition coefficient (Wildman–Crippen LogP) is 3.05. The maximum Gasteiger partial charge on any atom is 0.327 e. The standard InChI is InChI=1S/C20H19NO5S2/c1-12(22)28-18(19(24)21-11-27-10-16(21)20(25)26)9-17(23)15-7-6-13-4-2-3-5-14(13)8-15/h2-8,16,18H,9-11H2,1H3,(H,25,26)/t16-,18?/m0/s1. The zero-order valence-corrected chi connectivity index (χ0v) is 16.8. The van der Waals surface area contributed by atoms with Gasteiger partial charge in [0.1, 0.15) is 6.04 Å². The van der Waals surface area contributed by atoms with E-state index >= 15 is 0 Å². The van der Waals surface area contributed by atoms with Gasteiger partial charge < -0.3 is 10.0 Å². The molecule has 0 aliphatic carbocycles. The molecule has 1 aliphatic rings. The van der Waals surface area contributed by atoms with Crippen LogP contribution in [-0.2, 0) is 14.4 Å². The van der Waals surface area contributed by atoms with E-state index in [-0.39, 0.29) is 23.2 Å². The molecular weight excluding hydrogens is 398 g/mol. The van der Waals surface area contributed by atoms with Gasteiger partial charge in [-0.25, -0.2) is 4.79 Å². The van der Waals surface area contributed by atoms with Gasteiger partial charge in [-0.05, 0) is 16.8 Å². The Hall–Kier alpha value is -2.32. The van der Waals surface area contributed by atoms with Crippen molar-refractivity contribution in [2.75, 3.05) is 11.6 Å². The molecule has 0 aromatic heterocycles. The number of nitrogens with zero attached hydrogens (tertiary/aromatic N) is 1. The molecule has 2 aromatic rings. The van der Waals surface area contributed by atoms with Gasteiger partial charge in [-0.15, -0.1) is 11.8 Å². The molecule has 1 fully saturated rings. The number of thioether (sulfide) groups is 2. The van der Waals surface area contributed by atoms with Gasteiger partial charge in [-0.2, -0.15) is 0 Å². The highest BCUT2D eigenvalue weighted by Gasteiger charge is 2.39. The number of fused-ring (bicyclic) bond motifs is 1. The van der Waals surface area contributed by atoms with Crippen LogP contribution in [0.2, 0.25) is 0 Å². The number of ketones is 1. The fraction of sp³-hybridized carbons (Fsp3) is 0.300. The van der Waals surface area contributed by atoms with E-state index in [2.05, 4.69) is 0 Å². The van der Waals surface area contributed by atoms with Crippen LogP contribution in [0, 0.1) is 0 Å². The van der Waals surface area contributed by atoms with Crippen LogP contribution in [0.5, 0.6) is 0 Å². The second-order valence-corrected chi connectivity index (χ2v) is 8.83. The number of benzene rings is 2. The molecule has 1 N–H and O–H groups in total. The summed E-state index contributed by atoms with van der Waals surface area (Å²) in [6.45, 7) is 1.33. The molecule has 2 atom stereocenters. The smallest absolute Gasteiger partial charge is 0.327 e. The normalized spacial score (nSPS) is 17.5. The van der Waals surface area contributed by atoms with E-state index in [1.807, 2.05) is 30.3 Å². The highest BCUT2D eigenvalue weighted by atomic mass is 32.2. The van der Waals surface area contributed by atoms with Gasteiger partial charge in [0.05, 0.1) is 11.1 Å². The molecule has 8 heteroatoms. The summed E-state index contributed by atoms with van der Waals surface area (Å²) in [4.78, 5) is 50.0. The van der Waals surface area contributed by atoms with Crippen molar-refractivity contribution in [3.8, 4) is 0 Å². The van der Waals surface area contributed by atoms with E-state index in [9.17, 15) is 24.3 Å². The molecule has 1 aliphatic heterocycles. The molecule has 3 rings (SSSR count). The third kappa shape index (κ3) is 4.56. The first-order chi connectivity index (χ1) is 13.4. The zero-order valence-electron chi connectivity index (χ0n) is 15.2. The van der Waals surface area contributed by atoms with E-state index < -0.39 is 23.2 Å². The van der Waals surface area contributed by atoms with E-state index in [0.29, 0.717) is 11.3 Å². The van der Waals surface area contributed by atoms with Gasteiger partial charge in [-0.3, -0.25) is 14.4 Å². The molecule has 28 heavy (non-hydrogen) atoms.